The highest BCUT2D eigenvalue weighted by Crippen LogP contribution is 2.23. The molecule has 0 aromatic heterocycles. The third-order valence-corrected chi connectivity index (χ3v) is 6.47. The normalized spacial score (nSPS) is 19.6. The number of rotatable bonds is 7. The number of benzene rings is 2. The maximum atomic E-state index is 12.9. The van der Waals surface area contributed by atoms with E-state index in [-0.39, 0.29) is 23.8 Å². The van der Waals surface area contributed by atoms with Gasteiger partial charge in [0, 0.05) is 30.6 Å². The minimum absolute atomic E-state index is 0.0180. The highest BCUT2D eigenvalue weighted by atomic mass is 35.5. The van der Waals surface area contributed by atoms with Crippen LogP contribution in [0.5, 0.6) is 0 Å². The second-order valence-corrected chi connectivity index (χ2v) is 8.99. The second kappa shape index (κ2) is 10.9. The Bertz CT molecular complexity index is 920. The first-order chi connectivity index (χ1) is 15.6. The summed E-state index contributed by atoms with van der Waals surface area (Å²) in [5.41, 5.74) is 2.27. The van der Waals surface area contributed by atoms with Gasteiger partial charge in [0.15, 0.2) is 0 Å². The summed E-state index contributed by atoms with van der Waals surface area (Å²) in [4.78, 5) is 28.0. The van der Waals surface area contributed by atoms with Gasteiger partial charge in [-0.2, -0.15) is 0 Å². The molecule has 0 spiro atoms. The maximum absolute atomic E-state index is 12.9. The van der Waals surface area contributed by atoms with Gasteiger partial charge in [0.1, 0.15) is 0 Å². The summed E-state index contributed by atoms with van der Waals surface area (Å²) < 4.78 is 5.57. The van der Waals surface area contributed by atoms with Crippen LogP contribution < -0.4 is 10.6 Å². The van der Waals surface area contributed by atoms with Crippen molar-refractivity contribution < 1.29 is 14.3 Å². The first kappa shape index (κ1) is 22.8. The SMILES string of the molecule is O=C(NC[C@@H]1CCCO1)c1ccccc1NC(=O)C1CCN(Cc2ccc(Cl)cc2)CC1. The molecule has 0 saturated carbocycles. The maximum Gasteiger partial charge on any atom is 0.253 e. The molecule has 2 fully saturated rings. The lowest BCUT2D eigenvalue weighted by molar-refractivity contribution is -0.121. The molecular weight excluding hydrogens is 426 g/mol. The molecule has 2 aliphatic heterocycles. The number of likely N-dealkylation sites (tertiary alicyclic amines) is 1. The zero-order valence-electron chi connectivity index (χ0n) is 18.2. The third kappa shape index (κ3) is 6.09. The van der Waals surface area contributed by atoms with E-state index in [4.69, 9.17) is 16.3 Å². The van der Waals surface area contributed by atoms with Gasteiger partial charge in [0.2, 0.25) is 5.91 Å². The van der Waals surface area contributed by atoms with Crippen molar-refractivity contribution >= 4 is 29.1 Å². The van der Waals surface area contributed by atoms with Crippen molar-refractivity contribution in [2.45, 2.75) is 38.3 Å². The zero-order valence-corrected chi connectivity index (χ0v) is 18.9. The lowest BCUT2D eigenvalue weighted by Gasteiger charge is -2.31. The van der Waals surface area contributed by atoms with E-state index in [1.807, 2.05) is 36.4 Å². The van der Waals surface area contributed by atoms with Crippen LogP contribution in [0.4, 0.5) is 5.69 Å². The number of piperidine rings is 1. The average molecular weight is 456 g/mol. The van der Waals surface area contributed by atoms with Crippen LogP contribution in [0.25, 0.3) is 0 Å². The first-order valence-electron chi connectivity index (χ1n) is 11.3. The number of carbonyl (C=O) groups excluding carboxylic acids is 2. The van der Waals surface area contributed by atoms with Crippen molar-refractivity contribution in [3.05, 3.63) is 64.7 Å². The quantitative estimate of drug-likeness (QED) is 0.659. The van der Waals surface area contributed by atoms with Crippen molar-refractivity contribution in [3.63, 3.8) is 0 Å². The molecule has 2 N–H and O–H groups in total. The Kier molecular flexibility index (Phi) is 7.79. The van der Waals surface area contributed by atoms with E-state index in [2.05, 4.69) is 15.5 Å². The third-order valence-electron chi connectivity index (χ3n) is 6.22. The summed E-state index contributed by atoms with van der Waals surface area (Å²) in [5.74, 6) is -0.260. The molecule has 2 heterocycles. The van der Waals surface area contributed by atoms with Gasteiger partial charge in [-0.3, -0.25) is 14.5 Å². The van der Waals surface area contributed by atoms with Gasteiger partial charge in [0.05, 0.1) is 17.4 Å². The number of nitrogens with zero attached hydrogens (tertiary/aromatic N) is 1. The Morgan fingerprint density at radius 1 is 1.03 bits per heavy atom. The van der Waals surface area contributed by atoms with Gasteiger partial charge in [-0.25, -0.2) is 0 Å². The molecule has 4 rings (SSSR count). The number of hydrogen-bond acceptors (Lipinski definition) is 4. The Labute approximate surface area is 194 Å². The van der Waals surface area contributed by atoms with Crippen molar-refractivity contribution in [1.82, 2.24) is 10.2 Å². The topological polar surface area (TPSA) is 70.7 Å². The van der Waals surface area contributed by atoms with Crippen LogP contribution in [0.15, 0.2) is 48.5 Å². The Morgan fingerprint density at radius 3 is 2.50 bits per heavy atom. The van der Waals surface area contributed by atoms with Crippen LogP contribution in [0.1, 0.15) is 41.6 Å². The molecule has 2 aromatic rings. The number of anilines is 1. The van der Waals surface area contributed by atoms with Gasteiger partial charge in [0.25, 0.3) is 5.91 Å². The second-order valence-electron chi connectivity index (χ2n) is 8.56. The fraction of sp³-hybridized carbons (Fsp3) is 0.440. The van der Waals surface area contributed by atoms with E-state index in [0.29, 0.717) is 17.8 Å². The van der Waals surface area contributed by atoms with E-state index in [9.17, 15) is 9.59 Å². The van der Waals surface area contributed by atoms with Gasteiger partial charge >= 0.3 is 0 Å². The summed E-state index contributed by atoms with van der Waals surface area (Å²) in [6.45, 7) is 3.84. The monoisotopic (exact) mass is 455 g/mol. The summed E-state index contributed by atoms with van der Waals surface area (Å²) in [7, 11) is 0. The summed E-state index contributed by atoms with van der Waals surface area (Å²) in [6.07, 6.45) is 3.68. The largest absolute Gasteiger partial charge is 0.376 e. The predicted octanol–water partition coefficient (Wildman–Crippen LogP) is 4.10. The standard InChI is InChI=1S/C25H30ClN3O3/c26-20-9-7-18(8-10-20)17-29-13-11-19(12-14-29)24(30)28-23-6-2-1-5-22(23)25(31)27-16-21-4-3-15-32-21/h1-2,5-10,19,21H,3-4,11-17H2,(H,27,31)(H,28,30)/t21-/m0/s1. The van der Waals surface area contributed by atoms with Crippen molar-refractivity contribution in [2.75, 3.05) is 31.6 Å². The van der Waals surface area contributed by atoms with Crippen LogP contribution in [-0.2, 0) is 16.1 Å². The lowest BCUT2D eigenvalue weighted by Crippen LogP contribution is -2.38. The first-order valence-corrected chi connectivity index (χ1v) is 11.7. The molecule has 6 nitrogen and oxygen atoms in total. The molecule has 0 radical (unpaired) electrons. The minimum Gasteiger partial charge on any atom is -0.376 e. The van der Waals surface area contributed by atoms with E-state index < -0.39 is 0 Å². The molecule has 7 heteroatoms. The van der Waals surface area contributed by atoms with Crippen molar-refractivity contribution in [1.29, 1.82) is 0 Å². The fourth-order valence-electron chi connectivity index (χ4n) is 4.33. The molecule has 2 saturated heterocycles. The average Bonchev–Trinajstić information content (AvgIpc) is 3.33. The van der Waals surface area contributed by atoms with Crippen LogP contribution in [-0.4, -0.2) is 49.1 Å². The molecule has 2 aliphatic rings. The summed E-state index contributed by atoms with van der Waals surface area (Å²) in [6, 6.07) is 15.1. The molecule has 170 valence electrons. The van der Waals surface area contributed by atoms with Gasteiger partial charge in [-0.05, 0) is 68.6 Å². The molecule has 0 unspecified atom stereocenters. The number of hydrogen-bond donors (Lipinski definition) is 2. The van der Waals surface area contributed by atoms with Crippen molar-refractivity contribution in [2.24, 2.45) is 5.92 Å². The molecule has 2 amide bonds. The van der Waals surface area contributed by atoms with Gasteiger partial charge < -0.3 is 15.4 Å². The van der Waals surface area contributed by atoms with Crippen LogP contribution in [0.2, 0.25) is 5.02 Å². The number of para-hydroxylation sites is 1. The smallest absolute Gasteiger partial charge is 0.253 e. The number of ether oxygens (including phenoxy) is 1. The lowest BCUT2D eigenvalue weighted by atomic mass is 9.95. The summed E-state index contributed by atoms with van der Waals surface area (Å²) >= 11 is 5.96. The molecule has 32 heavy (non-hydrogen) atoms. The highest BCUT2D eigenvalue weighted by Gasteiger charge is 2.26. The predicted molar refractivity (Wildman–Crippen MR) is 126 cm³/mol. The number of amides is 2. The van der Waals surface area contributed by atoms with E-state index in [0.717, 1.165) is 56.9 Å². The zero-order chi connectivity index (χ0) is 22.3. The Morgan fingerprint density at radius 2 is 1.78 bits per heavy atom. The van der Waals surface area contributed by atoms with Gasteiger partial charge in [-0.1, -0.05) is 35.9 Å². The van der Waals surface area contributed by atoms with Crippen molar-refractivity contribution in [3.8, 4) is 0 Å². The molecular formula is C25H30ClN3O3. The van der Waals surface area contributed by atoms with E-state index in [1.165, 1.54) is 5.56 Å². The Balaban J connectivity index is 1.28. The number of nitrogens with one attached hydrogen (secondary N) is 2. The minimum atomic E-state index is -0.186. The van der Waals surface area contributed by atoms with Gasteiger partial charge in [-0.15, -0.1) is 0 Å². The molecule has 0 bridgehead atoms. The van der Waals surface area contributed by atoms with E-state index in [1.54, 1.807) is 12.1 Å². The number of carbonyl (C=O) groups is 2. The van der Waals surface area contributed by atoms with Crippen LogP contribution >= 0.6 is 11.6 Å². The molecule has 2 aromatic carbocycles. The van der Waals surface area contributed by atoms with E-state index >= 15 is 0 Å². The van der Waals surface area contributed by atoms with Crippen LogP contribution in [0, 0.1) is 5.92 Å². The summed E-state index contributed by atoms with van der Waals surface area (Å²) in [5, 5.41) is 6.67. The number of halogens is 1. The Hall–Kier alpha value is -2.41. The highest BCUT2D eigenvalue weighted by molar-refractivity contribution is 6.30. The molecule has 1 atom stereocenters. The fourth-order valence-corrected chi connectivity index (χ4v) is 4.46. The molecule has 0 aliphatic carbocycles. The van der Waals surface area contributed by atoms with Crippen LogP contribution in [0.3, 0.4) is 0 Å².